The monoisotopic (exact) mass is 176 g/mol. The number of benzene rings is 1. The molecule has 0 atom stereocenters. The molecule has 1 aromatic rings. The third-order valence-corrected chi connectivity index (χ3v) is 2.72. The normalized spacial score (nSPS) is 17.9. The summed E-state index contributed by atoms with van der Waals surface area (Å²) in [7, 11) is 2.16. The van der Waals surface area contributed by atoms with Crippen LogP contribution in [0.5, 0.6) is 0 Å². The van der Waals surface area contributed by atoms with Crippen LogP contribution in [-0.2, 0) is 13.0 Å². The van der Waals surface area contributed by atoms with Gasteiger partial charge in [0.25, 0.3) is 0 Å². The standard InChI is InChI=1S/C11H16N2/c1-13-7-3-5-10-9(8-13)4-2-6-11(10)12/h2,4,6H,3,5,7-8,12H2,1H3. The topological polar surface area (TPSA) is 29.3 Å². The number of anilines is 1. The van der Waals surface area contributed by atoms with Crippen molar-refractivity contribution < 1.29 is 0 Å². The Morgan fingerprint density at radius 1 is 1.38 bits per heavy atom. The zero-order chi connectivity index (χ0) is 9.26. The third-order valence-electron chi connectivity index (χ3n) is 2.72. The molecule has 0 fully saturated rings. The second kappa shape index (κ2) is 3.38. The van der Waals surface area contributed by atoms with E-state index in [1.165, 1.54) is 24.1 Å². The van der Waals surface area contributed by atoms with E-state index in [4.69, 9.17) is 5.73 Å². The first-order chi connectivity index (χ1) is 6.27. The van der Waals surface area contributed by atoms with Crippen molar-refractivity contribution >= 4 is 5.69 Å². The smallest absolute Gasteiger partial charge is 0.0349 e. The van der Waals surface area contributed by atoms with E-state index in [1.807, 2.05) is 12.1 Å². The van der Waals surface area contributed by atoms with Gasteiger partial charge in [-0.15, -0.1) is 0 Å². The fraction of sp³-hybridized carbons (Fsp3) is 0.455. The van der Waals surface area contributed by atoms with Crippen molar-refractivity contribution in [1.82, 2.24) is 4.90 Å². The van der Waals surface area contributed by atoms with Crippen LogP contribution in [0.2, 0.25) is 0 Å². The molecule has 2 N–H and O–H groups in total. The van der Waals surface area contributed by atoms with Gasteiger partial charge in [0.1, 0.15) is 0 Å². The molecular formula is C11H16N2. The van der Waals surface area contributed by atoms with Crippen LogP contribution < -0.4 is 5.73 Å². The molecule has 70 valence electrons. The summed E-state index contributed by atoms with van der Waals surface area (Å²) in [5.41, 5.74) is 9.67. The zero-order valence-electron chi connectivity index (χ0n) is 8.09. The Morgan fingerprint density at radius 3 is 3.08 bits per heavy atom. The van der Waals surface area contributed by atoms with Gasteiger partial charge in [0.15, 0.2) is 0 Å². The number of nitrogen functional groups attached to an aromatic ring is 1. The molecular weight excluding hydrogens is 160 g/mol. The highest BCUT2D eigenvalue weighted by atomic mass is 15.1. The molecule has 13 heavy (non-hydrogen) atoms. The van der Waals surface area contributed by atoms with Gasteiger partial charge in [0.2, 0.25) is 0 Å². The number of hydrogen-bond acceptors (Lipinski definition) is 2. The molecule has 1 heterocycles. The summed E-state index contributed by atoms with van der Waals surface area (Å²) >= 11 is 0. The molecule has 0 saturated carbocycles. The zero-order valence-corrected chi connectivity index (χ0v) is 8.09. The summed E-state index contributed by atoms with van der Waals surface area (Å²) in [5.74, 6) is 0. The van der Waals surface area contributed by atoms with Gasteiger partial charge < -0.3 is 10.6 Å². The Bertz CT molecular complexity index is 307. The Labute approximate surface area is 79.4 Å². The Kier molecular flexibility index (Phi) is 2.23. The van der Waals surface area contributed by atoms with Gasteiger partial charge >= 0.3 is 0 Å². The van der Waals surface area contributed by atoms with Crippen molar-refractivity contribution in [3.8, 4) is 0 Å². The minimum Gasteiger partial charge on any atom is -0.398 e. The van der Waals surface area contributed by atoms with Gasteiger partial charge in [0, 0.05) is 12.2 Å². The molecule has 1 aromatic carbocycles. The Hall–Kier alpha value is -1.02. The molecule has 2 nitrogen and oxygen atoms in total. The first-order valence-electron chi connectivity index (χ1n) is 4.82. The van der Waals surface area contributed by atoms with Crippen molar-refractivity contribution in [3.05, 3.63) is 29.3 Å². The maximum atomic E-state index is 5.94. The van der Waals surface area contributed by atoms with Gasteiger partial charge in [-0.05, 0) is 43.6 Å². The number of hydrogen-bond donors (Lipinski definition) is 1. The van der Waals surface area contributed by atoms with Gasteiger partial charge in [0.05, 0.1) is 0 Å². The minimum absolute atomic E-state index is 0.966. The van der Waals surface area contributed by atoms with E-state index in [0.717, 1.165) is 18.7 Å². The molecule has 2 rings (SSSR count). The molecule has 1 aliphatic rings. The van der Waals surface area contributed by atoms with E-state index in [-0.39, 0.29) is 0 Å². The molecule has 0 saturated heterocycles. The molecule has 1 aliphatic heterocycles. The highest BCUT2D eigenvalue weighted by molar-refractivity contribution is 5.51. The van der Waals surface area contributed by atoms with E-state index >= 15 is 0 Å². The summed E-state index contributed by atoms with van der Waals surface area (Å²) in [6.07, 6.45) is 2.35. The van der Waals surface area contributed by atoms with Crippen LogP contribution in [0.4, 0.5) is 5.69 Å². The molecule has 0 spiro atoms. The second-order valence-corrected chi connectivity index (χ2v) is 3.83. The number of nitrogens with two attached hydrogens (primary N) is 1. The summed E-state index contributed by atoms with van der Waals surface area (Å²) in [5, 5.41) is 0. The van der Waals surface area contributed by atoms with E-state index in [9.17, 15) is 0 Å². The molecule has 0 radical (unpaired) electrons. The quantitative estimate of drug-likeness (QED) is 0.609. The Morgan fingerprint density at radius 2 is 2.23 bits per heavy atom. The SMILES string of the molecule is CN1CCCc2c(N)cccc2C1. The molecule has 0 aromatic heterocycles. The number of nitrogens with zero attached hydrogens (tertiary/aromatic N) is 1. The molecule has 0 bridgehead atoms. The molecule has 0 unspecified atom stereocenters. The van der Waals surface area contributed by atoms with Crippen LogP contribution in [0.1, 0.15) is 17.5 Å². The van der Waals surface area contributed by atoms with Crippen molar-refractivity contribution in [2.24, 2.45) is 0 Å². The van der Waals surface area contributed by atoms with Gasteiger partial charge in [-0.3, -0.25) is 0 Å². The summed E-state index contributed by atoms with van der Waals surface area (Å²) in [6.45, 7) is 2.22. The van der Waals surface area contributed by atoms with Crippen LogP contribution in [0.25, 0.3) is 0 Å². The average molecular weight is 176 g/mol. The van der Waals surface area contributed by atoms with Crippen LogP contribution in [0.15, 0.2) is 18.2 Å². The van der Waals surface area contributed by atoms with E-state index < -0.39 is 0 Å². The summed E-state index contributed by atoms with van der Waals surface area (Å²) in [6, 6.07) is 6.24. The van der Waals surface area contributed by atoms with Crippen molar-refractivity contribution in [2.75, 3.05) is 19.3 Å². The van der Waals surface area contributed by atoms with Crippen LogP contribution in [0, 0.1) is 0 Å². The highest BCUT2D eigenvalue weighted by Crippen LogP contribution is 2.22. The van der Waals surface area contributed by atoms with Crippen LogP contribution in [0.3, 0.4) is 0 Å². The fourth-order valence-electron chi connectivity index (χ4n) is 2.00. The maximum absolute atomic E-state index is 5.94. The second-order valence-electron chi connectivity index (χ2n) is 3.83. The van der Waals surface area contributed by atoms with Crippen molar-refractivity contribution in [2.45, 2.75) is 19.4 Å². The lowest BCUT2D eigenvalue weighted by molar-refractivity contribution is 0.332. The van der Waals surface area contributed by atoms with Gasteiger partial charge in [-0.1, -0.05) is 12.1 Å². The van der Waals surface area contributed by atoms with Gasteiger partial charge in [-0.2, -0.15) is 0 Å². The third kappa shape index (κ3) is 1.68. The van der Waals surface area contributed by atoms with Crippen molar-refractivity contribution in [3.63, 3.8) is 0 Å². The lowest BCUT2D eigenvalue weighted by atomic mass is 10.0. The largest absolute Gasteiger partial charge is 0.398 e. The fourth-order valence-corrected chi connectivity index (χ4v) is 2.00. The van der Waals surface area contributed by atoms with E-state index in [0.29, 0.717) is 0 Å². The average Bonchev–Trinajstić information content (AvgIpc) is 2.27. The van der Waals surface area contributed by atoms with Crippen LogP contribution >= 0.6 is 0 Å². The van der Waals surface area contributed by atoms with E-state index in [1.54, 1.807) is 0 Å². The molecule has 2 heteroatoms. The summed E-state index contributed by atoms with van der Waals surface area (Å²) in [4.78, 5) is 2.35. The first-order valence-corrected chi connectivity index (χ1v) is 4.82. The number of rotatable bonds is 0. The molecule has 0 amide bonds. The molecule has 0 aliphatic carbocycles. The predicted octanol–water partition coefficient (Wildman–Crippen LogP) is 1.65. The predicted molar refractivity (Wildman–Crippen MR) is 55.5 cm³/mol. The van der Waals surface area contributed by atoms with Crippen LogP contribution in [-0.4, -0.2) is 18.5 Å². The number of fused-ring (bicyclic) bond motifs is 1. The Balaban J connectivity index is 2.39. The van der Waals surface area contributed by atoms with Gasteiger partial charge in [-0.25, -0.2) is 0 Å². The minimum atomic E-state index is 0.966. The highest BCUT2D eigenvalue weighted by Gasteiger charge is 2.12. The van der Waals surface area contributed by atoms with Crippen molar-refractivity contribution in [1.29, 1.82) is 0 Å². The lowest BCUT2D eigenvalue weighted by Crippen LogP contribution is -2.17. The lowest BCUT2D eigenvalue weighted by Gasteiger charge is -2.13. The maximum Gasteiger partial charge on any atom is 0.0349 e. The first kappa shape index (κ1) is 8.57. The van der Waals surface area contributed by atoms with E-state index in [2.05, 4.69) is 18.0 Å². The summed E-state index contributed by atoms with van der Waals surface area (Å²) < 4.78 is 0.